The lowest BCUT2D eigenvalue weighted by Crippen LogP contribution is -2.29. The molecule has 0 aromatic carbocycles. The van der Waals surface area contributed by atoms with Crippen molar-refractivity contribution in [2.24, 2.45) is 0 Å². The molecule has 1 unspecified atom stereocenters. The van der Waals surface area contributed by atoms with Crippen LogP contribution in [0, 0.1) is 0 Å². The first-order valence-electron chi connectivity index (χ1n) is 5.94. The van der Waals surface area contributed by atoms with Crippen LogP contribution in [0.5, 0.6) is 0 Å². The van der Waals surface area contributed by atoms with Crippen molar-refractivity contribution in [3.8, 4) is 0 Å². The minimum Gasteiger partial charge on any atom is -0.447 e. The number of halogens is 1. The van der Waals surface area contributed by atoms with Gasteiger partial charge >= 0.3 is 11.8 Å². The monoisotopic (exact) mass is 319 g/mol. The van der Waals surface area contributed by atoms with E-state index in [2.05, 4.69) is 22.9 Å². The molecule has 110 valence electrons. The number of nitrogens with zero attached hydrogens (tertiary/aromatic N) is 2. The number of carbonyl (C=O) groups is 1. The summed E-state index contributed by atoms with van der Waals surface area (Å²) in [6.07, 6.45) is 1.16. The minimum absolute atomic E-state index is 0.0435. The van der Waals surface area contributed by atoms with E-state index in [1.807, 2.05) is 0 Å². The molecule has 1 aliphatic rings. The number of alkyl halides is 1. The normalized spacial score (nSPS) is 17.4. The fourth-order valence-electron chi connectivity index (χ4n) is 1.41. The molecule has 1 amide bonds. The summed E-state index contributed by atoms with van der Waals surface area (Å²) in [5.74, 6) is 0.121. The van der Waals surface area contributed by atoms with Crippen LogP contribution in [0.25, 0.3) is 0 Å². The maximum absolute atomic E-state index is 11.6. The molecular formula is C11H14ClN3O4S. The Hall–Kier alpha value is -1.25. The van der Waals surface area contributed by atoms with Gasteiger partial charge in [-0.05, 0) is 18.9 Å². The van der Waals surface area contributed by atoms with E-state index in [1.165, 1.54) is 12.3 Å². The van der Waals surface area contributed by atoms with Gasteiger partial charge in [0.1, 0.15) is 18.7 Å². The lowest BCUT2D eigenvalue weighted by atomic mass is 10.4. The van der Waals surface area contributed by atoms with Crippen molar-refractivity contribution in [3.05, 3.63) is 22.7 Å². The van der Waals surface area contributed by atoms with E-state index >= 15 is 0 Å². The largest absolute Gasteiger partial charge is 0.447 e. The number of carbonyl (C=O) groups excluding carboxylic acids is 1. The number of aliphatic hydroxyl groups is 1. The van der Waals surface area contributed by atoms with E-state index in [0.717, 1.165) is 17.4 Å². The van der Waals surface area contributed by atoms with E-state index in [4.69, 9.17) is 16.3 Å². The van der Waals surface area contributed by atoms with Gasteiger partial charge in [-0.25, -0.2) is 9.59 Å². The second-order valence-electron chi connectivity index (χ2n) is 4.52. The maximum atomic E-state index is 11.6. The third-order valence-corrected chi connectivity index (χ3v) is 3.61. The second-order valence-corrected chi connectivity index (χ2v) is 5.68. The van der Waals surface area contributed by atoms with Crippen LogP contribution < -0.4 is 11.0 Å². The standard InChI is InChI=1S/C11H14ClN3O4S/c12-11(2-3-11)6-19-10(18)14-7-1-4-15(8(16)5-20)9(17)13-7/h1,4,8,16,20H,2-3,5-6H2,(H,13,14,17,18). The molecule has 20 heavy (non-hydrogen) atoms. The van der Waals surface area contributed by atoms with E-state index in [-0.39, 0.29) is 18.2 Å². The maximum Gasteiger partial charge on any atom is 0.412 e. The third-order valence-electron chi connectivity index (χ3n) is 2.80. The first-order chi connectivity index (χ1) is 9.43. The summed E-state index contributed by atoms with van der Waals surface area (Å²) in [7, 11) is 0. The number of ether oxygens (including phenoxy) is 1. The number of hydrogen-bond donors (Lipinski definition) is 3. The number of hydrogen-bond acceptors (Lipinski definition) is 6. The fraction of sp³-hybridized carbons (Fsp3) is 0.545. The topological polar surface area (TPSA) is 93.5 Å². The Morgan fingerprint density at radius 2 is 2.40 bits per heavy atom. The van der Waals surface area contributed by atoms with Gasteiger partial charge in [0, 0.05) is 11.9 Å². The van der Waals surface area contributed by atoms with Crippen molar-refractivity contribution < 1.29 is 14.6 Å². The highest BCUT2D eigenvalue weighted by molar-refractivity contribution is 7.80. The zero-order valence-electron chi connectivity index (χ0n) is 10.5. The van der Waals surface area contributed by atoms with Gasteiger partial charge in [-0.3, -0.25) is 9.88 Å². The molecule has 0 aliphatic heterocycles. The van der Waals surface area contributed by atoms with Crippen molar-refractivity contribution in [2.45, 2.75) is 23.9 Å². The fourth-order valence-corrected chi connectivity index (χ4v) is 1.74. The van der Waals surface area contributed by atoms with E-state index in [0.29, 0.717) is 0 Å². The number of aromatic nitrogens is 2. The summed E-state index contributed by atoms with van der Waals surface area (Å²) >= 11 is 9.86. The molecule has 7 nitrogen and oxygen atoms in total. The Labute approximate surface area is 125 Å². The molecule has 1 aromatic heterocycles. The molecule has 1 atom stereocenters. The van der Waals surface area contributed by atoms with Crippen LogP contribution >= 0.6 is 24.2 Å². The van der Waals surface area contributed by atoms with Crippen LogP contribution in [-0.2, 0) is 4.74 Å². The predicted octanol–water partition coefficient (Wildman–Crippen LogP) is 0.984. The molecule has 0 radical (unpaired) electrons. The molecular weight excluding hydrogens is 306 g/mol. The number of anilines is 1. The van der Waals surface area contributed by atoms with Crippen LogP contribution in [0.3, 0.4) is 0 Å². The van der Waals surface area contributed by atoms with Crippen molar-refractivity contribution in [1.29, 1.82) is 0 Å². The molecule has 9 heteroatoms. The van der Waals surface area contributed by atoms with Crippen LogP contribution in [0.1, 0.15) is 19.1 Å². The Balaban J connectivity index is 1.94. The van der Waals surface area contributed by atoms with E-state index < -0.39 is 22.9 Å². The first kappa shape index (κ1) is 15.1. The Kier molecular flexibility index (Phi) is 4.56. The SMILES string of the molecule is O=C(Nc1ccn(C(O)CS)c(=O)n1)OCC1(Cl)CC1. The average Bonchev–Trinajstić information content (AvgIpc) is 3.14. The summed E-state index contributed by atoms with van der Waals surface area (Å²) in [5.41, 5.74) is -0.694. The van der Waals surface area contributed by atoms with Crippen LogP contribution in [0.15, 0.2) is 17.1 Å². The van der Waals surface area contributed by atoms with Gasteiger partial charge in [0.25, 0.3) is 0 Å². The van der Waals surface area contributed by atoms with Gasteiger partial charge in [0.15, 0.2) is 0 Å². The summed E-state index contributed by atoms with van der Waals surface area (Å²) < 4.78 is 5.92. The third kappa shape index (κ3) is 3.87. The predicted molar refractivity (Wildman–Crippen MR) is 76.4 cm³/mol. The van der Waals surface area contributed by atoms with Crippen molar-refractivity contribution in [2.75, 3.05) is 17.7 Å². The van der Waals surface area contributed by atoms with Crippen molar-refractivity contribution >= 4 is 36.1 Å². The highest BCUT2D eigenvalue weighted by Gasteiger charge is 2.41. The molecule has 1 fully saturated rings. The molecule has 2 N–H and O–H groups in total. The molecule has 0 saturated heterocycles. The molecule has 0 bridgehead atoms. The van der Waals surface area contributed by atoms with Crippen molar-refractivity contribution in [3.63, 3.8) is 0 Å². The van der Waals surface area contributed by atoms with Crippen LogP contribution in [0.2, 0.25) is 0 Å². The van der Waals surface area contributed by atoms with E-state index in [9.17, 15) is 14.7 Å². The Bertz CT molecular complexity index is 561. The number of thiol groups is 1. The summed E-state index contributed by atoms with van der Waals surface area (Å²) in [5, 5.41) is 11.8. The average molecular weight is 320 g/mol. The van der Waals surface area contributed by atoms with E-state index in [1.54, 1.807) is 0 Å². The van der Waals surface area contributed by atoms with Gasteiger partial charge in [0.2, 0.25) is 0 Å². The van der Waals surface area contributed by atoms with Gasteiger partial charge < -0.3 is 9.84 Å². The molecule has 1 saturated carbocycles. The zero-order valence-corrected chi connectivity index (χ0v) is 12.1. The molecule has 1 heterocycles. The zero-order chi connectivity index (χ0) is 14.8. The summed E-state index contributed by atoms with van der Waals surface area (Å²) in [6.45, 7) is 0.121. The highest BCUT2D eigenvalue weighted by Crippen LogP contribution is 2.42. The van der Waals surface area contributed by atoms with Gasteiger partial charge in [-0.1, -0.05) is 0 Å². The molecule has 1 aromatic rings. The Morgan fingerprint density at radius 1 is 1.70 bits per heavy atom. The number of amides is 1. The number of nitrogens with one attached hydrogen (secondary N) is 1. The highest BCUT2D eigenvalue weighted by atomic mass is 35.5. The number of rotatable bonds is 5. The van der Waals surface area contributed by atoms with Gasteiger partial charge in [0.05, 0.1) is 4.87 Å². The summed E-state index contributed by atoms with van der Waals surface area (Å²) in [6, 6.07) is 1.38. The smallest absolute Gasteiger partial charge is 0.412 e. The lowest BCUT2D eigenvalue weighted by Gasteiger charge is -2.12. The molecule has 0 spiro atoms. The van der Waals surface area contributed by atoms with Crippen molar-refractivity contribution in [1.82, 2.24) is 9.55 Å². The second kappa shape index (κ2) is 6.02. The van der Waals surface area contributed by atoms with Gasteiger partial charge in [-0.15, -0.1) is 11.6 Å². The molecule has 2 rings (SSSR count). The minimum atomic E-state index is -1.06. The molecule has 1 aliphatic carbocycles. The van der Waals surface area contributed by atoms with Crippen LogP contribution in [0.4, 0.5) is 10.6 Å². The van der Waals surface area contributed by atoms with Crippen LogP contribution in [-0.4, -0.2) is 38.0 Å². The van der Waals surface area contributed by atoms with Gasteiger partial charge in [-0.2, -0.15) is 17.6 Å². The first-order valence-corrected chi connectivity index (χ1v) is 6.95. The number of aliphatic hydroxyl groups excluding tert-OH is 1. The Morgan fingerprint density at radius 3 is 2.95 bits per heavy atom. The quantitative estimate of drug-likeness (QED) is 0.556. The summed E-state index contributed by atoms with van der Waals surface area (Å²) in [4.78, 5) is 26.2. The lowest BCUT2D eigenvalue weighted by molar-refractivity contribution is 0.124.